The number of halogens is 1. The van der Waals surface area contributed by atoms with E-state index in [1.807, 2.05) is 42.5 Å². The predicted octanol–water partition coefficient (Wildman–Crippen LogP) is 2.82. The van der Waals surface area contributed by atoms with Gasteiger partial charge < -0.3 is 0 Å². The number of imide groups is 1. The maximum atomic E-state index is 12.6. The number of carbonyl (C=O) groups excluding carboxylic acids is 2. The van der Waals surface area contributed by atoms with Gasteiger partial charge in [0.25, 0.3) is 5.91 Å². The van der Waals surface area contributed by atoms with Gasteiger partial charge in [-0.2, -0.15) is 0 Å². The van der Waals surface area contributed by atoms with Crippen LogP contribution in [0.5, 0.6) is 0 Å². The van der Waals surface area contributed by atoms with Crippen LogP contribution in [0, 0.1) is 5.92 Å². The van der Waals surface area contributed by atoms with Gasteiger partial charge in [0.05, 0.1) is 11.7 Å². The largest absolute Gasteiger partial charge is 0.283 e. The third-order valence-corrected chi connectivity index (χ3v) is 4.81. The van der Waals surface area contributed by atoms with Crippen molar-refractivity contribution in [3.8, 4) is 0 Å². The lowest BCUT2D eigenvalue weighted by Crippen LogP contribution is -2.34. The third-order valence-electron chi connectivity index (χ3n) is 4.56. The standard InChI is InChI=1S/C18H15ClN2O3/c1-20-17(22)14-15(11-5-3-2-4-6-11)21(24-16(14)18(20)23)13-9-7-12(19)8-10-13/h2-10,14-16H,1H3. The molecule has 2 aliphatic heterocycles. The van der Waals surface area contributed by atoms with Crippen molar-refractivity contribution in [1.82, 2.24) is 4.90 Å². The Morgan fingerprint density at radius 3 is 2.29 bits per heavy atom. The van der Waals surface area contributed by atoms with Crippen molar-refractivity contribution in [2.45, 2.75) is 12.1 Å². The Hall–Kier alpha value is -2.37. The maximum Gasteiger partial charge on any atom is 0.261 e. The summed E-state index contributed by atoms with van der Waals surface area (Å²) in [6.45, 7) is 0. The summed E-state index contributed by atoms with van der Waals surface area (Å²) < 4.78 is 0. The number of rotatable bonds is 2. The van der Waals surface area contributed by atoms with Crippen LogP contribution in [0.3, 0.4) is 0 Å². The van der Waals surface area contributed by atoms with Gasteiger partial charge >= 0.3 is 0 Å². The van der Waals surface area contributed by atoms with E-state index in [1.165, 1.54) is 7.05 Å². The summed E-state index contributed by atoms with van der Waals surface area (Å²) in [4.78, 5) is 32.0. The van der Waals surface area contributed by atoms with E-state index in [0.29, 0.717) is 5.02 Å². The van der Waals surface area contributed by atoms with Gasteiger partial charge in [-0.3, -0.25) is 19.3 Å². The van der Waals surface area contributed by atoms with E-state index in [-0.39, 0.29) is 17.9 Å². The van der Waals surface area contributed by atoms with E-state index in [2.05, 4.69) is 0 Å². The average molecular weight is 343 g/mol. The minimum atomic E-state index is -0.789. The van der Waals surface area contributed by atoms with Crippen LogP contribution in [0.4, 0.5) is 5.69 Å². The number of anilines is 1. The van der Waals surface area contributed by atoms with Crippen LogP contribution in [-0.2, 0) is 14.4 Å². The lowest BCUT2D eigenvalue weighted by molar-refractivity contribution is -0.141. The zero-order valence-electron chi connectivity index (χ0n) is 12.9. The van der Waals surface area contributed by atoms with E-state index in [1.54, 1.807) is 17.2 Å². The van der Waals surface area contributed by atoms with Crippen LogP contribution in [0.2, 0.25) is 5.02 Å². The normalized spacial score (nSPS) is 26.2. The Kier molecular flexibility index (Phi) is 3.55. The molecular formula is C18H15ClN2O3. The number of fused-ring (bicyclic) bond motifs is 1. The van der Waals surface area contributed by atoms with Crippen LogP contribution < -0.4 is 5.06 Å². The minimum Gasteiger partial charge on any atom is -0.283 e. The molecule has 0 N–H and O–H groups in total. The molecular weight excluding hydrogens is 328 g/mol. The topological polar surface area (TPSA) is 49.9 Å². The molecule has 2 aromatic carbocycles. The molecule has 4 rings (SSSR count). The summed E-state index contributed by atoms with van der Waals surface area (Å²) in [5, 5.41) is 2.27. The van der Waals surface area contributed by atoms with Crippen molar-refractivity contribution in [1.29, 1.82) is 0 Å². The Labute approximate surface area is 144 Å². The molecule has 6 heteroatoms. The highest BCUT2D eigenvalue weighted by Crippen LogP contribution is 2.46. The van der Waals surface area contributed by atoms with Gasteiger partial charge in [0.15, 0.2) is 6.10 Å². The Morgan fingerprint density at radius 2 is 1.62 bits per heavy atom. The molecule has 3 unspecified atom stereocenters. The van der Waals surface area contributed by atoms with Crippen LogP contribution >= 0.6 is 11.6 Å². The van der Waals surface area contributed by atoms with Gasteiger partial charge in [-0.25, -0.2) is 5.06 Å². The summed E-state index contributed by atoms with van der Waals surface area (Å²) >= 11 is 5.96. The number of hydrogen-bond donors (Lipinski definition) is 0. The van der Waals surface area contributed by atoms with Gasteiger partial charge in [0.2, 0.25) is 5.91 Å². The van der Waals surface area contributed by atoms with Crippen LogP contribution in [0.15, 0.2) is 54.6 Å². The van der Waals surface area contributed by atoms with Gasteiger partial charge in [-0.05, 0) is 29.8 Å². The summed E-state index contributed by atoms with van der Waals surface area (Å²) in [5.41, 5.74) is 1.68. The number of hydrogen-bond acceptors (Lipinski definition) is 4. The molecule has 5 nitrogen and oxygen atoms in total. The predicted molar refractivity (Wildman–Crippen MR) is 89.3 cm³/mol. The molecule has 0 bridgehead atoms. The van der Waals surface area contributed by atoms with E-state index in [0.717, 1.165) is 16.2 Å². The lowest BCUT2D eigenvalue weighted by Gasteiger charge is -2.28. The van der Waals surface area contributed by atoms with Gasteiger partial charge in [-0.15, -0.1) is 0 Å². The first-order chi connectivity index (χ1) is 11.6. The molecule has 0 saturated carbocycles. The van der Waals surface area contributed by atoms with Crippen LogP contribution in [0.25, 0.3) is 0 Å². The third kappa shape index (κ3) is 2.20. The molecule has 2 saturated heterocycles. The van der Waals surface area contributed by atoms with Gasteiger partial charge in [0, 0.05) is 12.1 Å². The molecule has 0 aliphatic carbocycles. The van der Waals surface area contributed by atoms with Crippen LogP contribution in [0.1, 0.15) is 11.6 Å². The quantitative estimate of drug-likeness (QED) is 0.787. The molecule has 2 fully saturated rings. The molecule has 122 valence electrons. The second kappa shape index (κ2) is 5.61. The molecule has 2 amide bonds. The maximum absolute atomic E-state index is 12.6. The highest BCUT2D eigenvalue weighted by atomic mass is 35.5. The fraction of sp³-hybridized carbons (Fsp3) is 0.222. The number of carbonyl (C=O) groups is 2. The van der Waals surface area contributed by atoms with E-state index in [9.17, 15) is 9.59 Å². The molecule has 0 radical (unpaired) electrons. The summed E-state index contributed by atoms with van der Waals surface area (Å²) in [6.07, 6.45) is -0.789. The molecule has 2 aromatic rings. The number of likely N-dealkylation sites (N-methyl/N-ethyl adjacent to an activating group) is 1. The average Bonchev–Trinajstić information content (AvgIpc) is 3.09. The fourth-order valence-corrected chi connectivity index (χ4v) is 3.48. The van der Waals surface area contributed by atoms with Crippen molar-refractivity contribution in [2.75, 3.05) is 12.1 Å². The molecule has 24 heavy (non-hydrogen) atoms. The number of likely N-dealkylation sites (tertiary alicyclic amines) is 1. The minimum absolute atomic E-state index is 0.213. The zero-order chi connectivity index (χ0) is 16.8. The smallest absolute Gasteiger partial charge is 0.261 e. The zero-order valence-corrected chi connectivity index (χ0v) is 13.7. The van der Waals surface area contributed by atoms with E-state index < -0.39 is 12.0 Å². The second-order valence-corrected chi connectivity index (χ2v) is 6.38. The first-order valence-electron chi connectivity index (χ1n) is 7.66. The summed E-state index contributed by atoms with van der Waals surface area (Å²) in [7, 11) is 1.50. The fourth-order valence-electron chi connectivity index (χ4n) is 3.35. The van der Waals surface area contributed by atoms with Crippen molar-refractivity contribution in [2.24, 2.45) is 5.92 Å². The Balaban J connectivity index is 1.80. The first-order valence-corrected chi connectivity index (χ1v) is 8.03. The highest BCUT2D eigenvalue weighted by molar-refractivity contribution is 6.30. The Bertz CT molecular complexity index is 794. The highest BCUT2D eigenvalue weighted by Gasteiger charge is 2.58. The van der Waals surface area contributed by atoms with Gasteiger partial charge in [0.1, 0.15) is 5.92 Å². The molecule has 0 aromatic heterocycles. The van der Waals surface area contributed by atoms with E-state index in [4.69, 9.17) is 16.4 Å². The number of hydroxylamine groups is 1. The lowest BCUT2D eigenvalue weighted by atomic mass is 9.90. The Morgan fingerprint density at radius 1 is 0.958 bits per heavy atom. The summed E-state index contributed by atoms with van der Waals surface area (Å²) in [5.74, 6) is -1.07. The second-order valence-electron chi connectivity index (χ2n) is 5.95. The number of amides is 2. The molecule has 2 heterocycles. The first kappa shape index (κ1) is 15.2. The van der Waals surface area contributed by atoms with Crippen molar-refractivity contribution >= 4 is 29.1 Å². The SMILES string of the molecule is CN1C(=O)C2ON(c3ccc(Cl)cc3)C(c3ccccc3)C2C1=O. The number of nitrogens with zero attached hydrogens (tertiary/aromatic N) is 2. The number of benzene rings is 2. The molecule has 3 atom stereocenters. The molecule has 0 spiro atoms. The molecule has 2 aliphatic rings. The monoisotopic (exact) mass is 342 g/mol. The van der Waals surface area contributed by atoms with Crippen molar-refractivity contribution in [3.05, 3.63) is 65.2 Å². The summed E-state index contributed by atoms with van der Waals surface area (Å²) in [6, 6.07) is 16.4. The van der Waals surface area contributed by atoms with Crippen molar-refractivity contribution in [3.63, 3.8) is 0 Å². The van der Waals surface area contributed by atoms with E-state index >= 15 is 0 Å². The van der Waals surface area contributed by atoms with Gasteiger partial charge in [-0.1, -0.05) is 41.9 Å². The van der Waals surface area contributed by atoms with Crippen LogP contribution in [-0.4, -0.2) is 29.9 Å². The van der Waals surface area contributed by atoms with Crippen molar-refractivity contribution < 1.29 is 14.4 Å².